The van der Waals surface area contributed by atoms with E-state index < -0.39 is 0 Å². The third-order valence-corrected chi connectivity index (χ3v) is 1.46. The minimum Gasteiger partial charge on any atom is -0.298 e. The summed E-state index contributed by atoms with van der Waals surface area (Å²) in [6.07, 6.45) is 3.55. The highest BCUT2D eigenvalue weighted by Gasteiger charge is 2.17. The van der Waals surface area contributed by atoms with Crippen LogP contribution in [0.2, 0.25) is 0 Å². The molecule has 0 aliphatic rings. The van der Waals surface area contributed by atoms with E-state index in [4.69, 9.17) is 0 Å². The van der Waals surface area contributed by atoms with Gasteiger partial charge in [-0.15, -0.1) is 0 Å². The van der Waals surface area contributed by atoms with Crippen molar-refractivity contribution in [1.29, 1.82) is 0 Å². The highest BCUT2D eigenvalue weighted by Crippen LogP contribution is 2.12. The van der Waals surface area contributed by atoms with E-state index in [2.05, 4.69) is 20.2 Å². The third-order valence-electron chi connectivity index (χ3n) is 1.46. The lowest BCUT2D eigenvalue weighted by molar-refractivity contribution is 0.576. The fourth-order valence-electron chi connectivity index (χ4n) is 0.941. The summed E-state index contributed by atoms with van der Waals surface area (Å²) in [7, 11) is 3.46. The van der Waals surface area contributed by atoms with Crippen LogP contribution in [-0.2, 0) is 0 Å². The first kappa shape index (κ1) is 12.9. The Hall–Kier alpha value is -1.06. The summed E-state index contributed by atoms with van der Waals surface area (Å²) >= 11 is 0. The van der Waals surface area contributed by atoms with Gasteiger partial charge in [-0.05, 0) is 27.7 Å². The number of hydrogen-bond acceptors (Lipinski definition) is 4. The molecule has 0 saturated heterocycles. The number of hydrogen-bond donors (Lipinski definition) is 0. The number of rotatable bonds is 4. The molecular weight excluding hydrogens is 176 g/mol. The van der Waals surface area contributed by atoms with Crippen LogP contribution in [0.5, 0.6) is 0 Å². The molecule has 0 fully saturated rings. The van der Waals surface area contributed by atoms with Crippen molar-refractivity contribution >= 4 is 12.4 Å². The molecule has 0 bridgehead atoms. The van der Waals surface area contributed by atoms with Crippen molar-refractivity contribution in [1.82, 2.24) is 0 Å². The second kappa shape index (κ2) is 4.98. The van der Waals surface area contributed by atoms with Crippen molar-refractivity contribution in [3.63, 3.8) is 0 Å². The van der Waals surface area contributed by atoms with Gasteiger partial charge in [0, 0.05) is 26.5 Å². The summed E-state index contributed by atoms with van der Waals surface area (Å²) in [6, 6.07) is 0. The van der Waals surface area contributed by atoms with Gasteiger partial charge in [0.2, 0.25) is 0 Å². The maximum absolute atomic E-state index is 4.22. The Balaban J connectivity index is 4.57. The van der Waals surface area contributed by atoms with E-state index in [0.717, 1.165) is 0 Å². The Bertz CT molecular complexity index is 223. The average Bonchev–Trinajstić information content (AvgIpc) is 2.01. The highest BCUT2D eigenvalue weighted by atomic mass is 15.2. The first-order chi connectivity index (χ1) is 6.33. The summed E-state index contributed by atoms with van der Waals surface area (Å²) in [6.45, 7) is 7.84. The minimum absolute atomic E-state index is 0.340. The van der Waals surface area contributed by atoms with Crippen LogP contribution in [0.3, 0.4) is 0 Å². The second-order valence-electron chi connectivity index (χ2n) is 4.28. The second-order valence-corrected chi connectivity index (χ2v) is 4.28. The van der Waals surface area contributed by atoms with Crippen molar-refractivity contribution in [2.24, 2.45) is 20.2 Å². The average molecular weight is 196 g/mol. The van der Waals surface area contributed by atoms with Crippen LogP contribution in [0.4, 0.5) is 0 Å². The van der Waals surface area contributed by atoms with Crippen LogP contribution in [-0.4, -0.2) is 37.6 Å². The van der Waals surface area contributed by atoms with Crippen LogP contribution in [0, 0.1) is 0 Å². The quantitative estimate of drug-likeness (QED) is 0.489. The Morgan fingerprint density at radius 1 is 0.714 bits per heavy atom. The molecule has 0 radical (unpaired) electrons. The van der Waals surface area contributed by atoms with Gasteiger partial charge in [-0.3, -0.25) is 9.98 Å². The minimum atomic E-state index is -0.340. The zero-order valence-corrected chi connectivity index (χ0v) is 9.94. The molecule has 0 aromatic heterocycles. The molecule has 0 heterocycles. The smallest absolute Gasteiger partial charge is 0.110 e. The Kier molecular flexibility index (Phi) is 4.60. The van der Waals surface area contributed by atoms with Gasteiger partial charge in [0.1, 0.15) is 11.1 Å². The number of nitrogens with zero attached hydrogens (tertiary/aromatic N) is 4. The zero-order chi connectivity index (χ0) is 11.2. The summed E-state index contributed by atoms with van der Waals surface area (Å²) in [5.41, 5.74) is -0.679. The predicted octanol–water partition coefficient (Wildman–Crippen LogP) is 2.40. The van der Waals surface area contributed by atoms with Crippen LogP contribution < -0.4 is 0 Å². The molecule has 0 aromatic rings. The Morgan fingerprint density at radius 3 is 1.21 bits per heavy atom. The van der Waals surface area contributed by atoms with Crippen molar-refractivity contribution in [2.75, 3.05) is 14.1 Å². The van der Waals surface area contributed by atoms with Crippen LogP contribution in [0.1, 0.15) is 27.7 Å². The van der Waals surface area contributed by atoms with E-state index in [0.29, 0.717) is 0 Å². The van der Waals surface area contributed by atoms with E-state index >= 15 is 0 Å². The third kappa shape index (κ3) is 5.56. The van der Waals surface area contributed by atoms with Gasteiger partial charge in [-0.2, -0.15) is 10.2 Å². The molecular formula is C10H20N4. The molecule has 0 spiro atoms. The van der Waals surface area contributed by atoms with E-state index in [1.807, 2.05) is 27.7 Å². The molecule has 0 N–H and O–H groups in total. The van der Waals surface area contributed by atoms with Crippen molar-refractivity contribution in [3.05, 3.63) is 0 Å². The van der Waals surface area contributed by atoms with E-state index in [-0.39, 0.29) is 11.1 Å². The predicted molar refractivity (Wildman–Crippen MR) is 61.8 cm³/mol. The topological polar surface area (TPSA) is 49.4 Å². The summed E-state index contributed by atoms with van der Waals surface area (Å²) in [5.74, 6) is 0. The zero-order valence-electron chi connectivity index (χ0n) is 9.94. The molecule has 0 atom stereocenters. The molecule has 0 amide bonds. The van der Waals surface area contributed by atoms with Gasteiger partial charge in [-0.25, -0.2) is 0 Å². The van der Waals surface area contributed by atoms with Crippen LogP contribution in [0.15, 0.2) is 20.2 Å². The first-order valence-corrected chi connectivity index (χ1v) is 4.64. The van der Waals surface area contributed by atoms with E-state index in [1.54, 1.807) is 26.5 Å². The SMILES string of the molecule is CN=CC(C)(C)N=NC(C)(C)C=NC. The van der Waals surface area contributed by atoms with E-state index in [9.17, 15) is 0 Å². The molecule has 80 valence electrons. The lowest BCUT2D eigenvalue weighted by Crippen LogP contribution is -2.23. The monoisotopic (exact) mass is 196 g/mol. The highest BCUT2D eigenvalue weighted by molar-refractivity contribution is 5.70. The fraction of sp³-hybridized carbons (Fsp3) is 0.800. The summed E-state index contributed by atoms with van der Waals surface area (Å²) < 4.78 is 0. The molecule has 14 heavy (non-hydrogen) atoms. The van der Waals surface area contributed by atoms with Crippen LogP contribution >= 0.6 is 0 Å². The molecule has 0 rings (SSSR count). The molecule has 0 aliphatic heterocycles. The summed E-state index contributed by atoms with van der Waals surface area (Å²) in [4.78, 5) is 7.88. The molecule has 0 aliphatic carbocycles. The normalized spacial score (nSPS) is 15.0. The van der Waals surface area contributed by atoms with E-state index in [1.165, 1.54) is 0 Å². The largest absolute Gasteiger partial charge is 0.298 e. The lowest BCUT2D eigenvalue weighted by atomic mass is 10.1. The van der Waals surface area contributed by atoms with Gasteiger partial charge in [0.05, 0.1) is 0 Å². The Morgan fingerprint density at radius 2 is 1.00 bits per heavy atom. The van der Waals surface area contributed by atoms with Gasteiger partial charge in [-0.1, -0.05) is 0 Å². The lowest BCUT2D eigenvalue weighted by Gasteiger charge is -2.16. The number of aliphatic imine (C=N–C) groups is 2. The van der Waals surface area contributed by atoms with Gasteiger partial charge >= 0.3 is 0 Å². The molecule has 4 heteroatoms. The Labute approximate surface area is 86.3 Å². The number of azo groups is 1. The maximum atomic E-state index is 4.22. The first-order valence-electron chi connectivity index (χ1n) is 4.64. The molecule has 0 saturated carbocycles. The fourth-order valence-corrected chi connectivity index (χ4v) is 0.941. The van der Waals surface area contributed by atoms with Crippen LogP contribution in [0.25, 0.3) is 0 Å². The standard InChI is InChI=1S/C10H20N4/c1-9(2,7-11-5)13-14-10(3,4)8-12-6/h7-8H,1-6H3. The van der Waals surface area contributed by atoms with Gasteiger partial charge in [0.25, 0.3) is 0 Å². The van der Waals surface area contributed by atoms with Gasteiger partial charge in [0.15, 0.2) is 0 Å². The molecule has 0 unspecified atom stereocenters. The summed E-state index contributed by atoms with van der Waals surface area (Å²) in [5, 5.41) is 8.44. The van der Waals surface area contributed by atoms with Crippen molar-refractivity contribution < 1.29 is 0 Å². The molecule has 0 aromatic carbocycles. The maximum Gasteiger partial charge on any atom is 0.110 e. The van der Waals surface area contributed by atoms with Crippen molar-refractivity contribution in [3.8, 4) is 0 Å². The van der Waals surface area contributed by atoms with Crippen molar-refractivity contribution in [2.45, 2.75) is 38.8 Å². The molecule has 4 nitrogen and oxygen atoms in total. The van der Waals surface area contributed by atoms with Gasteiger partial charge < -0.3 is 0 Å².